The predicted octanol–water partition coefficient (Wildman–Crippen LogP) is 1.59. The maximum Gasteiger partial charge on any atom is 0.407 e. The summed E-state index contributed by atoms with van der Waals surface area (Å²) < 4.78 is 5.19. The summed E-state index contributed by atoms with van der Waals surface area (Å²) in [5.41, 5.74) is 5.93. The number of ether oxygens (including phenoxy) is 1. The van der Waals surface area contributed by atoms with Crippen LogP contribution in [0.5, 0.6) is 0 Å². The van der Waals surface area contributed by atoms with Gasteiger partial charge < -0.3 is 21.1 Å². The Bertz CT molecular complexity index is 512. The van der Waals surface area contributed by atoms with Crippen molar-refractivity contribution >= 4 is 12.0 Å². The molecule has 0 aliphatic rings. The van der Waals surface area contributed by atoms with E-state index in [2.05, 4.69) is 10.6 Å². The van der Waals surface area contributed by atoms with Crippen LogP contribution >= 0.6 is 0 Å². The molecule has 0 heterocycles. The third-order valence-corrected chi connectivity index (χ3v) is 3.06. The van der Waals surface area contributed by atoms with Crippen molar-refractivity contribution in [1.82, 2.24) is 10.6 Å². The van der Waals surface area contributed by atoms with E-state index >= 15 is 0 Å². The van der Waals surface area contributed by atoms with Gasteiger partial charge in [0, 0.05) is 12.6 Å². The molecule has 0 saturated heterocycles. The van der Waals surface area contributed by atoms with E-state index in [0.29, 0.717) is 13.0 Å². The molecule has 0 spiro atoms. The molecule has 23 heavy (non-hydrogen) atoms. The molecule has 0 unspecified atom stereocenters. The van der Waals surface area contributed by atoms with E-state index in [1.807, 2.05) is 37.3 Å². The van der Waals surface area contributed by atoms with Gasteiger partial charge in [0.25, 0.3) is 0 Å². The number of carbonyl (C=O) groups is 2. The van der Waals surface area contributed by atoms with Crippen LogP contribution in [0.3, 0.4) is 0 Å². The van der Waals surface area contributed by atoms with Crippen LogP contribution in [0.15, 0.2) is 30.3 Å². The van der Waals surface area contributed by atoms with E-state index in [9.17, 15) is 9.59 Å². The number of nitrogens with two attached hydrogens (primary N) is 1. The molecule has 6 heteroatoms. The van der Waals surface area contributed by atoms with E-state index < -0.39 is 23.6 Å². The van der Waals surface area contributed by atoms with Gasteiger partial charge in [-0.1, -0.05) is 30.3 Å². The van der Waals surface area contributed by atoms with Crippen LogP contribution < -0.4 is 16.4 Å². The summed E-state index contributed by atoms with van der Waals surface area (Å²) in [7, 11) is 0. The Kier molecular flexibility index (Phi) is 7.03. The highest BCUT2D eigenvalue weighted by Crippen LogP contribution is 2.07. The first-order chi connectivity index (χ1) is 10.7. The van der Waals surface area contributed by atoms with Crippen molar-refractivity contribution < 1.29 is 14.3 Å². The normalized spacial score (nSPS) is 13.9. The molecule has 6 nitrogen and oxygen atoms in total. The smallest absolute Gasteiger partial charge is 0.407 e. The summed E-state index contributed by atoms with van der Waals surface area (Å²) in [4.78, 5) is 23.3. The van der Waals surface area contributed by atoms with E-state index in [1.54, 1.807) is 20.8 Å². The molecular weight excluding hydrogens is 294 g/mol. The van der Waals surface area contributed by atoms with Crippen LogP contribution in [0, 0.1) is 0 Å². The first-order valence-electron chi connectivity index (χ1n) is 7.73. The quantitative estimate of drug-likeness (QED) is 0.711. The van der Waals surface area contributed by atoms with E-state index in [0.717, 1.165) is 5.56 Å². The molecule has 1 aromatic carbocycles. The first-order valence-corrected chi connectivity index (χ1v) is 7.73. The minimum absolute atomic E-state index is 0.192. The molecular formula is C17H27N3O3. The maximum atomic E-state index is 11.7. The Morgan fingerprint density at radius 3 is 2.35 bits per heavy atom. The third kappa shape index (κ3) is 8.21. The Morgan fingerprint density at radius 2 is 1.83 bits per heavy atom. The molecule has 0 aliphatic carbocycles. The monoisotopic (exact) mass is 321 g/mol. The van der Waals surface area contributed by atoms with Gasteiger partial charge in [-0.25, -0.2) is 4.79 Å². The number of hydrogen-bond acceptors (Lipinski definition) is 4. The van der Waals surface area contributed by atoms with Gasteiger partial charge in [0.2, 0.25) is 5.91 Å². The number of amides is 2. The van der Waals surface area contributed by atoms with Crippen LogP contribution in [0.1, 0.15) is 33.3 Å². The average molecular weight is 321 g/mol. The SMILES string of the molecule is C[C@@H](CN[C@@H](Cc1ccccc1)C(N)=O)NC(=O)OC(C)(C)C. The Balaban J connectivity index is 2.46. The van der Waals surface area contributed by atoms with Crippen LogP contribution in [-0.2, 0) is 16.0 Å². The second-order valence-corrected chi connectivity index (χ2v) is 6.60. The number of carbonyl (C=O) groups excluding carboxylic acids is 2. The van der Waals surface area contributed by atoms with Gasteiger partial charge in [0.05, 0.1) is 6.04 Å². The van der Waals surface area contributed by atoms with E-state index in [4.69, 9.17) is 10.5 Å². The zero-order chi connectivity index (χ0) is 17.5. The van der Waals surface area contributed by atoms with Crippen molar-refractivity contribution in [1.29, 1.82) is 0 Å². The molecule has 1 rings (SSSR count). The van der Waals surface area contributed by atoms with E-state index in [1.165, 1.54) is 0 Å². The number of nitrogens with one attached hydrogen (secondary N) is 2. The van der Waals surface area contributed by atoms with E-state index in [-0.39, 0.29) is 6.04 Å². The average Bonchev–Trinajstić information content (AvgIpc) is 2.42. The molecule has 0 radical (unpaired) electrons. The predicted molar refractivity (Wildman–Crippen MR) is 90.0 cm³/mol. The highest BCUT2D eigenvalue weighted by Gasteiger charge is 2.20. The number of benzene rings is 1. The standard InChI is InChI=1S/C17H27N3O3/c1-12(20-16(22)23-17(2,3)4)11-19-14(15(18)21)10-13-8-6-5-7-9-13/h5-9,12,14,19H,10-11H2,1-4H3,(H2,18,21)(H,20,22)/t12-,14-/m0/s1. The lowest BCUT2D eigenvalue weighted by atomic mass is 10.1. The number of primary amides is 1. The molecule has 0 aromatic heterocycles. The fourth-order valence-corrected chi connectivity index (χ4v) is 2.00. The maximum absolute atomic E-state index is 11.7. The summed E-state index contributed by atoms with van der Waals surface area (Å²) in [6.45, 7) is 7.66. The second-order valence-electron chi connectivity index (χ2n) is 6.60. The fraction of sp³-hybridized carbons (Fsp3) is 0.529. The van der Waals surface area contributed by atoms with Crippen LogP contribution in [0.4, 0.5) is 4.79 Å². The molecule has 0 saturated carbocycles. The molecule has 4 N–H and O–H groups in total. The fourth-order valence-electron chi connectivity index (χ4n) is 2.00. The third-order valence-electron chi connectivity index (χ3n) is 3.06. The second kappa shape index (κ2) is 8.53. The van der Waals surface area contributed by atoms with Crippen molar-refractivity contribution in [3.8, 4) is 0 Å². The van der Waals surface area contributed by atoms with Gasteiger partial charge in [-0.15, -0.1) is 0 Å². The van der Waals surface area contributed by atoms with Crippen LogP contribution in [0.2, 0.25) is 0 Å². The summed E-state index contributed by atoms with van der Waals surface area (Å²) in [6.07, 6.45) is 0.0282. The Labute approximate surface area is 137 Å². The lowest BCUT2D eigenvalue weighted by Crippen LogP contribution is -2.49. The number of rotatable bonds is 7. The number of hydrogen-bond donors (Lipinski definition) is 3. The summed E-state index contributed by atoms with van der Waals surface area (Å²) in [5, 5.41) is 5.81. The summed E-state index contributed by atoms with van der Waals surface area (Å²) in [6, 6.07) is 8.96. The molecule has 2 atom stereocenters. The van der Waals surface area contributed by atoms with Gasteiger partial charge in [0.1, 0.15) is 5.60 Å². The lowest BCUT2D eigenvalue weighted by Gasteiger charge is -2.23. The van der Waals surface area contributed by atoms with Crippen molar-refractivity contribution in [2.45, 2.75) is 51.8 Å². The first kappa shape index (κ1) is 19.0. The van der Waals surface area contributed by atoms with Crippen LogP contribution in [0.25, 0.3) is 0 Å². The van der Waals surface area contributed by atoms with Crippen molar-refractivity contribution in [2.24, 2.45) is 5.73 Å². The van der Waals surface area contributed by atoms with Crippen molar-refractivity contribution in [2.75, 3.05) is 6.54 Å². The highest BCUT2D eigenvalue weighted by molar-refractivity contribution is 5.80. The molecule has 0 bridgehead atoms. The van der Waals surface area contributed by atoms with Crippen molar-refractivity contribution in [3.05, 3.63) is 35.9 Å². The topological polar surface area (TPSA) is 93.5 Å². The number of alkyl carbamates (subject to hydrolysis) is 1. The van der Waals surface area contributed by atoms with Gasteiger partial charge in [-0.05, 0) is 39.7 Å². The minimum Gasteiger partial charge on any atom is -0.444 e. The van der Waals surface area contributed by atoms with Gasteiger partial charge in [-0.2, -0.15) is 0 Å². The zero-order valence-electron chi connectivity index (χ0n) is 14.3. The van der Waals surface area contributed by atoms with Crippen molar-refractivity contribution in [3.63, 3.8) is 0 Å². The Hall–Kier alpha value is -2.08. The Morgan fingerprint density at radius 1 is 1.22 bits per heavy atom. The molecule has 0 aliphatic heterocycles. The zero-order valence-corrected chi connectivity index (χ0v) is 14.3. The summed E-state index contributed by atoms with van der Waals surface area (Å²) >= 11 is 0. The minimum atomic E-state index is -0.541. The summed E-state index contributed by atoms with van der Waals surface area (Å²) in [5.74, 6) is -0.418. The van der Waals surface area contributed by atoms with Gasteiger partial charge in [0.15, 0.2) is 0 Å². The van der Waals surface area contributed by atoms with Gasteiger partial charge >= 0.3 is 6.09 Å². The molecule has 128 valence electrons. The van der Waals surface area contributed by atoms with Gasteiger partial charge in [-0.3, -0.25) is 4.79 Å². The lowest BCUT2D eigenvalue weighted by molar-refractivity contribution is -0.120. The molecule has 0 fully saturated rings. The van der Waals surface area contributed by atoms with Crippen LogP contribution in [-0.4, -0.2) is 36.2 Å². The largest absolute Gasteiger partial charge is 0.444 e. The molecule has 1 aromatic rings. The highest BCUT2D eigenvalue weighted by atomic mass is 16.6. The molecule has 2 amide bonds.